The molecule has 1 fully saturated rings. The number of aliphatic hydroxyl groups excluding tert-OH is 1. The first kappa shape index (κ1) is 14.1. The molecule has 1 aromatic rings. The van der Waals surface area contributed by atoms with Crippen molar-refractivity contribution >= 4 is 28.9 Å². The molecule has 1 amide bonds. The molecular weight excluding hydrogens is 266 g/mol. The van der Waals surface area contributed by atoms with Gasteiger partial charge in [-0.05, 0) is 31.0 Å². The molecular formula is C13H18ClN3O2. The smallest absolute Gasteiger partial charge is 0.238 e. The summed E-state index contributed by atoms with van der Waals surface area (Å²) in [4.78, 5) is 13.9. The number of benzene rings is 1. The summed E-state index contributed by atoms with van der Waals surface area (Å²) in [7, 11) is 0. The number of nitrogen functional groups attached to an aromatic ring is 1. The summed E-state index contributed by atoms with van der Waals surface area (Å²) >= 11 is 5.80. The van der Waals surface area contributed by atoms with Crippen LogP contribution >= 0.6 is 11.6 Å². The highest BCUT2D eigenvalue weighted by molar-refractivity contribution is 6.31. The lowest BCUT2D eigenvalue weighted by Crippen LogP contribution is -2.36. The van der Waals surface area contributed by atoms with E-state index in [4.69, 9.17) is 22.4 Å². The van der Waals surface area contributed by atoms with E-state index in [-0.39, 0.29) is 19.1 Å². The number of nitrogens with one attached hydrogen (secondary N) is 1. The van der Waals surface area contributed by atoms with Crippen LogP contribution in [0.1, 0.15) is 12.8 Å². The second-order valence-corrected chi connectivity index (χ2v) is 5.14. The Labute approximate surface area is 117 Å². The highest BCUT2D eigenvalue weighted by atomic mass is 35.5. The molecule has 2 rings (SSSR count). The summed E-state index contributed by atoms with van der Waals surface area (Å²) in [6.07, 6.45) is 2.19. The van der Waals surface area contributed by atoms with Crippen molar-refractivity contribution in [1.82, 2.24) is 4.90 Å². The number of anilines is 2. The maximum Gasteiger partial charge on any atom is 0.238 e. The zero-order valence-electron chi connectivity index (χ0n) is 10.6. The minimum absolute atomic E-state index is 0.0624. The third-order valence-electron chi connectivity index (χ3n) is 3.08. The summed E-state index contributed by atoms with van der Waals surface area (Å²) in [5.41, 5.74) is 6.79. The van der Waals surface area contributed by atoms with Gasteiger partial charge in [0, 0.05) is 17.6 Å². The van der Waals surface area contributed by atoms with Gasteiger partial charge in [-0.1, -0.05) is 11.6 Å². The largest absolute Gasteiger partial charge is 0.397 e. The second kappa shape index (κ2) is 6.23. The highest BCUT2D eigenvalue weighted by Gasteiger charge is 2.29. The van der Waals surface area contributed by atoms with E-state index < -0.39 is 0 Å². The van der Waals surface area contributed by atoms with Gasteiger partial charge in [-0.3, -0.25) is 9.69 Å². The van der Waals surface area contributed by atoms with Crippen molar-refractivity contribution in [1.29, 1.82) is 0 Å². The Hall–Kier alpha value is -1.30. The van der Waals surface area contributed by atoms with E-state index in [0.717, 1.165) is 12.8 Å². The van der Waals surface area contributed by atoms with Crippen molar-refractivity contribution in [2.24, 2.45) is 0 Å². The zero-order valence-corrected chi connectivity index (χ0v) is 11.4. The molecule has 1 aliphatic carbocycles. The van der Waals surface area contributed by atoms with Crippen LogP contribution in [0.25, 0.3) is 0 Å². The molecule has 19 heavy (non-hydrogen) atoms. The number of carbonyl (C=O) groups excluding carboxylic acids is 1. The van der Waals surface area contributed by atoms with Crippen molar-refractivity contribution < 1.29 is 9.90 Å². The van der Waals surface area contributed by atoms with Gasteiger partial charge in [0.1, 0.15) is 0 Å². The Morgan fingerprint density at radius 1 is 1.53 bits per heavy atom. The van der Waals surface area contributed by atoms with Gasteiger partial charge in [-0.15, -0.1) is 0 Å². The molecule has 0 unspecified atom stereocenters. The molecule has 4 N–H and O–H groups in total. The van der Waals surface area contributed by atoms with Crippen LogP contribution in [0.3, 0.4) is 0 Å². The summed E-state index contributed by atoms with van der Waals surface area (Å²) in [5, 5.41) is 12.3. The Bertz CT molecular complexity index is 463. The van der Waals surface area contributed by atoms with Crippen LogP contribution in [0.2, 0.25) is 5.02 Å². The third kappa shape index (κ3) is 4.09. The first-order chi connectivity index (χ1) is 9.10. The topological polar surface area (TPSA) is 78.6 Å². The monoisotopic (exact) mass is 283 g/mol. The Kier molecular flexibility index (Phi) is 4.63. The van der Waals surface area contributed by atoms with Gasteiger partial charge in [0.15, 0.2) is 0 Å². The first-order valence-electron chi connectivity index (χ1n) is 6.30. The predicted octanol–water partition coefficient (Wildman–Crippen LogP) is 1.32. The number of amides is 1. The van der Waals surface area contributed by atoms with Crippen LogP contribution in [0.15, 0.2) is 18.2 Å². The van der Waals surface area contributed by atoms with E-state index in [2.05, 4.69) is 5.32 Å². The van der Waals surface area contributed by atoms with Gasteiger partial charge in [0.25, 0.3) is 0 Å². The van der Waals surface area contributed by atoms with Crippen molar-refractivity contribution in [3.8, 4) is 0 Å². The standard InChI is InChI=1S/C13H18ClN3O2/c14-9-1-4-12(11(15)7-9)16-13(19)8-17(5-6-18)10-2-3-10/h1,4,7,10,18H,2-3,5-6,8,15H2,(H,16,19). The van der Waals surface area contributed by atoms with Gasteiger partial charge < -0.3 is 16.2 Å². The predicted molar refractivity (Wildman–Crippen MR) is 76.2 cm³/mol. The fourth-order valence-electron chi connectivity index (χ4n) is 1.98. The summed E-state index contributed by atoms with van der Waals surface area (Å²) in [5.74, 6) is -0.130. The number of carbonyl (C=O) groups is 1. The van der Waals surface area contributed by atoms with Crippen molar-refractivity contribution in [2.45, 2.75) is 18.9 Å². The number of rotatable bonds is 6. The number of halogens is 1. The summed E-state index contributed by atoms with van der Waals surface area (Å²) in [6, 6.07) is 5.40. The summed E-state index contributed by atoms with van der Waals surface area (Å²) < 4.78 is 0. The van der Waals surface area contributed by atoms with Crippen LogP contribution in [0.5, 0.6) is 0 Å². The van der Waals surface area contributed by atoms with Crippen molar-refractivity contribution in [3.05, 3.63) is 23.2 Å². The van der Waals surface area contributed by atoms with E-state index >= 15 is 0 Å². The molecule has 1 saturated carbocycles. The Morgan fingerprint density at radius 2 is 2.26 bits per heavy atom. The lowest BCUT2D eigenvalue weighted by molar-refractivity contribution is -0.117. The molecule has 1 aromatic carbocycles. The lowest BCUT2D eigenvalue weighted by atomic mass is 10.2. The molecule has 5 nitrogen and oxygen atoms in total. The summed E-state index contributed by atoms with van der Waals surface area (Å²) in [6.45, 7) is 0.855. The van der Waals surface area contributed by atoms with Crippen molar-refractivity contribution in [2.75, 3.05) is 30.7 Å². The molecule has 0 spiro atoms. The minimum atomic E-state index is -0.130. The Morgan fingerprint density at radius 3 is 2.84 bits per heavy atom. The van der Waals surface area contributed by atoms with Gasteiger partial charge in [0.2, 0.25) is 5.91 Å². The average Bonchev–Trinajstić information content (AvgIpc) is 3.16. The molecule has 104 valence electrons. The SMILES string of the molecule is Nc1cc(Cl)ccc1NC(=O)CN(CCO)C1CC1. The van der Waals surface area contributed by atoms with E-state index in [1.54, 1.807) is 18.2 Å². The normalized spacial score (nSPS) is 14.7. The van der Waals surface area contributed by atoms with E-state index in [9.17, 15) is 4.79 Å². The van der Waals surface area contributed by atoms with Crippen molar-refractivity contribution in [3.63, 3.8) is 0 Å². The average molecular weight is 284 g/mol. The molecule has 0 aromatic heterocycles. The Balaban J connectivity index is 1.92. The van der Waals surface area contributed by atoms with Crippen LogP contribution in [0.4, 0.5) is 11.4 Å². The molecule has 0 aliphatic heterocycles. The maximum absolute atomic E-state index is 11.9. The first-order valence-corrected chi connectivity index (χ1v) is 6.67. The molecule has 6 heteroatoms. The maximum atomic E-state index is 11.9. The van der Waals surface area contributed by atoms with Crippen LogP contribution < -0.4 is 11.1 Å². The number of hydrogen-bond donors (Lipinski definition) is 3. The number of hydrogen-bond acceptors (Lipinski definition) is 4. The molecule has 0 bridgehead atoms. The molecule has 0 saturated heterocycles. The van der Waals surface area contributed by atoms with Crippen LogP contribution in [-0.2, 0) is 4.79 Å². The van der Waals surface area contributed by atoms with Gasteiger partial charge >= 0.3 is 0 Å². The quantitative estimate of drug-likeness (QED) is 0.688. The molecule has 0 atom stereocenters. The number of nitrogens with two attached hydrogens (primary N) is 1. The molecule has 0 heterocycles. The number of nitrogens with zero attached hydrogens (tertiary/aromatic N) is 1. The fourth-order valence-corrected chi connectivity index (χ4v) is 2.16. The van der Waals surface area contributed by atoms with Gasteiger partial charge in [0.05, 0.1) is 24.5 Å². The molecule has 1 aliphatic rings. The fraction of sp³-hybridized carbons (Fsp3) is 0.462. The van der Waals surface area contributed by atoms with Crippen LogP contribution in [-0.4, -0.2) is 41.7 Å². The van der Waals surface area contributed by atoms with E-state index in [1.165, 1.54) is 0 Å². The lowest BCUT2D eigenvalue weighted by Gasteiger charge is -2.20. The van der Waals surface area contributed by atoms with Gasteiger partial charge in [-0.25, -0.2) is 0 Å². The third-order valence-corrected chi connectivity index (χ3v) is 3.32. The van der Waals surface area contributed by atoms with Crippen LogP contribution in [0, 0.1) is 0 Å². The van der Waals surface area contributed by atoms with Gasteiger partial charge in [-0.2, -0.15) is 0 Å². The highest BCUT2D eigenvalue weighted by Crippen LogP contribution is 2.27. The number of aliphatic hydroxyl groups is 1. The second-order valence-electron chi connectivity index (χ2n) is 4.71. The van der Waals surface area contributed by atoms with E-state index in [1.807, 2.05) is 4.90 Å². The zero-order chi connectivity index (χ0) is 13.8. The van der Waals surface area contributed by atoms with E-state index in [0.29, 0.717) is 29.0 Å². The molecule has 0 radical (unpaired) electrons. The minimum Gasteiger partial charge on any atom is -0.397 e.